The molecule has 0 spiro atoms. The minimum atomic E-state index is 0.0417. The van der Waals surface area contributed by atoms with Crippen molar-refractivity contribution in [3.8, 4) is 0 Å². The van der Waals surface area contributed by atoms with Crippen molar-refractivity contribution in [3.63, 3.8) is 0 Å². The molecule has 0 amide bonds. The smallest absolute Gasteiger partial charge is 0.0703 e. The van der Waals surface area contributed by atoms with E-state index < -0.39 is 0 Å². The van der Waals surface area contributed by atoms with Crippen molar-refractivity contribution in [3.05, 3.63) is 0 Å². The van der Waals surface area contributed by atoms with Crippen LogP contribution < -0.4 is 0 Å². The molecular formula is C16H36O8. The molecule has 0 bridgehead atoms. The highest BCUT2D eigenvalue weighted by Crippen LogP contribution is 1.87. The summed E-state index contributed by atoms with van der Waals surface area (Å²) in [6.07, 6.45) is 0.275. The molecule has 2 N–H and O–H groups in total. The van der Waals surface area contributed by atoms with Gasteiger partial charge in [-0.3, -0.25) is 0 Å². The summed E-state index contributed by atoms with van der Waals surface area (Å²) in [7, 11) is 1.66. The van der Waals surface area contributed by atoms with E-state index in [9.17, 15) is 0 Å². The quantitative estimate of drug-likeness (QED) is 0.354. The third-order valence-electron chi connectivity index (χ3n) is 2.33. The molecular weight excluding hydrogens is 320 g/mol. The first-order valence-electron chi connectivity index (χ1n) is 8.32. The monoisotopic (exact) mass is 356 g/mol. The molecule has 0 aliphatic heterocycles. The van der Waals surface area contributed by atoms with Crippen molar-refractivity contribution < 1.29 is 38.6 Å². The fourth-order valence-electron chi connectivity index (χ4n) is 1.26. The number of rotatable bonds is 17. The highest BCUT2D eigenvalue weighted by atomic mass is 16.6. The number of methoxy groups -OCH3 is 1. The zero-order valence-corrected chi connectivity index (χ0v) is 15.4. The fourth-order valence-corrected chi connectivity index (χ4v) is 1.26. The number of hydrogen-bond acceptors (Lipinski definition) is 8. The number of aliphatic hydroxyl groups excluding tert-OH is 2. The fraction of sp³-hybridized carbons (Fsp3) is 1.00. The molecule has 24 heavy (non-hydrogen) atoms. The Bertz CT molecular complexity index is 197. The van der Waals surface area contributed by atoms with E-state index in [4.69, 9.17) is 38.6 Å². The highest BCUT2D eigenvalue weighted by Gasteiger charge is 1.93. The number of ether oxygens (including phenoxy) is 6. The van der Waals surface area contributed by atoms with Crippen LogP contribution in [0.2, 0.25) is 0 Å². The second kappa shape index (κ2) is 24.9. The zero-order chi connectivity index (χ0) is 18.3. The van der Waals surface area contributed by atoms with Crippen molar-refractivity contribution in [1.82, 2.24) is 0 Å². The van der Waals surface area contributed by atoms with Crippen molar-refractivity contribution in [2.45, 2.75) is 20.0 Å². The van der Waals surface area contributed by atoms with Crippen LogP contribution in [0.15, 0.2) is 0 Å². The van der Waals surface area contributed by atoms with E-state index in [1.165, 1.54) is 0 Å². The molecule has 0 aliphatic carbocycles. The van der Waals surface area contributed by atoms with Gasteiger partial charge in [0.1, 0.15) is 0 Å². The molecule has 0 rings (SSSR count). The van der Waals surface area contributed by atoms with Crippen LogP contribution in [0.25, 0.3) is 0 Å². The molecule has 0 radical (unpaired) electrons. The van der Waals surface area contributed by atoms with Gasteiger partial charge in [-0.25, -0.2) is 0 Å². The van der Waals surface area contributed by atoms with Crippen molar-refractivity contribution in [2.75, 3.05) is 86.4 Å². The lowest BCUT2D eigenvalue weighted by atomic mass is 10.5. The Kier molecular flexibility index (Phi) is 26.9. The van der Waals surface area contributed by atoms with E-state index in [2.05, 4.69) is 0 Å². The van der Waals surface area contributed by atoms with Crippen molar-refractivity contribution in [1.29, 1.82) is 0 Å². The molecule has 0 aromatic rings. The van der Waals surface area contributed by atoms with Crippen LogP contribution in [0.3, 0.4) is 0 Å². The Balaban J connectivity index is 0. The Morgan fingerprint density at radius 2 is 0.958 bits per heavy atom. The minimum absolute atomic E-state index is 0.0417. The summed E-state index contributed by atoms with van der Waals surface area (Å²) in [5.74, 6) is 0. The van der Waals surface area contributed by atoms with Crippen LogP contribution >= 0.6 is 0 Å². The molecule has 0 fully saturated rings. The minimum Gasteiger partial charge on any atom is -0.394 e. The Morgan fingerprint density at radius 1 is 0.583 bits per heavy atom. The van der Waals surface area contributed by atoms with Crippen LogP contribution in [0.1, 0.15) is 13.8 Å². The molecule has 0 aromatic heterocycles. The number of hydrogen-bond donors (Lipinski definition) is 2. The van der Waals surface area contributed by atoms with Gasteiger partial charge < -0.3 is 38.6 Å². The molecule has 0 saturated heterocycles. The van der Waals surface area contributed by atoms with E-state index in [0.717, 1.165) is 0 Å². The summed E-state index contributed by atoms with van der Waals surface area (Å²) in [5, 5.41) is 16.5. The number of aliphatic hydroxyl groups is 2. The van der Waals surface area contributed by atoms with E-state index >= 15 is 0 Å². The van der Waals surface area contributed by atoms with Crippen LogP contribution in [-0.4, -0.2) is 103 Å². The molecule has 8 nitrogen and oxygen atoms in total. The molecule has 0 atom stereocenters. The average Bonchev–Trinajstić information content (AvgIpc) is 2.57. The van der Waals surface area contributed by atoms with E-state index in [1.54, 1.807) is 7.11 Å². The Labute approximate surface area is 145 Å². The lowest BCUT2D eigenvalue weighted by Gasteiger charge is -2.08. The van der Waals surface area contributed by atoms with Gasteiger partial charge in [-0.2, -0.15) is 0 Å². The molecule has 0 aromatic carbocycles. The maximum absolute atomic E-state index is 8.26. The van der Waals surface area contributed by atoms with Gasteiger partial charge in [0.25, 0.3) is 0 Å². The topological polar surface area (TPSA) is 95.8 Å². The Morgan fingerprint density at radius 3 is 1.33 bits per heavy atom. The summed E-state index contributed by atoms with van der Waals surface area (Å²) in [6, 6.07) is 0. The largest absolute Gasteiger partial charge is 0.394 e. The summed E-state index contributed by atoms with van der Waals surface area (Å²) in [6.45, 7) is 9.52. The van der Waals surface area contributed by atoms with Gasteiger partial charge in [-0.15, -0.1) is 0 Å². The maximum atomic E-state index is 8.26. The van der Waals surface area contributed by atoms with Crippen molar-refractivity contribution >= 4 is 0 Å². The van der Waals surface area contributed by atoms with Gasteiger partial charge in [0.2, 0.25) is 0 Å². The summed E-state index contributed by atoms with van der Waals surface area (Å²) in [5.41, 5.74) is 0. The molecule has 0 unspecified atom stereocenters. The van der Waals surface area contributed by atoms with Crippen LogP contribution in [0.5, 0.6) is 0 Å². The lowest BCUT2D eigenvalue weighted by molar-refractivity contribution is -0.00820. The van der Waals surface area contributed by atoms with E-state index in [0.29, 0.717) is 66.1 Å². The maximum Gasteiger partial charge on any atom is 0.0703 e. The Hall–Kier alpha value is -0.320. The SMILES string of the molecule is COCCOCCOCCOC(C)C.OCCOCCOCCO. The predicted octanol–water partition coefficient (Wildman–Crippen LogP) is 0.0952. The van der Waals surface area contributed by atoms with Gasteiger partial charge in [-0.1, -0.05) is 0 Å². The second-order valence-electron chi connectivity index (χ2n) is 4.81. The van der Waals surface area contributed by atoms with Gasteiger partial charge >= 0.3 is 0 Å². The lowest BCUT2D eigenvalue weighted by Crippen LogP contribution is -2.13. The summed E-state index contributed by atoms with van der Waals surface area (Å²) >= 11 is 0. The van der Waals surface area contributed by atoms with E-state index in [1.807, 2.05) is 13.8 Å². The average molecular weight is 356 g/mol. The van der Waals surface area contributed by atoms with Gasteiger partial charge in [0.15, 0.2) is 0 Å². The first-order valence-corrected chi connectivity index (χ1v) is 8.32. The van der Waals surface area contributed by atoms with Crippen LogP contribution in [0, 0.1) is 0 Å². The second-order valence-corrected chi connectivity index (χ2v) is 4.81. The first kappa shape index (κ1) is 25.9. The molecule has 0 saturated carbocycles. The predicted molar refractivity (Wildman–Crippen MR) is 90.4 cm³/mol. The first-order chi connectivity index (χ1) is 11.7. The molecule has 8 heteroatoms. The van der Waals surface area contributed by atoms with Gasteiger partial charge in [-0.05, 0) is 13.8 Å². The normalized spacial score (nSPS) is 10.8. The zero-order valence-electron chi connectivity index (χ0n) is 15.4. The summed E-state index contributed by atoms with van der Waals surface area (Å²) < 4.78 is 30.4. The third kappa shape index (κ3) is 29.7. The highest BCUT2D eigenvalue weighted by molar-refractivity contribution is 4.37. The van der Waals surface area contributed by atoms with Crippen LogP contribution in [-0.2, 0) is 28.4 Å². The van der Waals surface area contributed by atoms with Gasteiger partial charge in [0.05, 0.1) is 85.4 Å². The van der Waals surface area contributed by atoms with E-state index in [-0.39, 0.29) is 19.3 Å². The summed E-state index contributed by atoms with van der Waals surface area (Å²) in [4.78, 5) is 0. The molecule has 0 aliphatic rings. The van der Waals surface area contributed by atoms with Gasteiger partial charge in [0, 0.05) is 7.11 Å². The standard InChI is InChI=1S/C10H22O4.C6H14O4/c1-10(2)14-9-8-13-7-6-12-5-4-11-3;7-1-3-9-5-6-10-4-2-8/h10H,4-9H2,1-3H3;7-8H,1-6H2. The van der Waals surface area contributed by atoms with Crippen LogP contribution in [0.4, 0.5) is 0 Å². The molecule has 0 heterocycles. The third-order valence-corrected chi connectivity index (χ3v) is 2.33. The molecule has 148 valence electrons. The van der Waals surface area contributed by atoms with Crippen molar-refractivity contribution in [2.24, 2.45) is 0 Å².